The lowest BCUT2D eigenvalue weighted by molar-refractivity contribution is -0.140. The van der Waals surface area contributed by atoms with Crippen LogP contribution in [0.1, 0.15) is 62.8 Å². The number of carbonyl (C=O) groups excluding carboxylic acids is 1. The van der Waals surface area contributed by atoms with Gasteiger partial charge >= 0.3 is 0 Å². The van der Waals surface area contributed by atoms with Crippen molar-refractivity contribution in [2.75, 3.05) is 5.75 Å². The normalized spacial score (nSPS) is 32.9. The number of aliphatic hydroxyl groups is 1. The van der Waals surface area contributed by atoms with E-state index in [-0.39, 0.29) is 22.7 Å². The SMILES string of the molecule is Cc1ccccc1-n1ncc2c1C=C1CCC3C(C(O)CC4(C)C(C(=O)CSc5nc6ccccc6s5)CCC34)C1(C)C2. The minimum atomic E-state index is -0.404. The minimum absolute atomic E-state index is 0.0185. The first-order valence-electron chi connectivity index (χ1n) is 15.8. The number of rotatable bonds is 5. The number of fused-ring (bicyclic) bond motifs is 7. The number of carbonyl (C=O) groups is 1. The predicted octanol–water partition coefficient (Wildman–Crippen LogP) is 7.92. The van der Waals surface area contributed by atoms with E-state index in [9.17, 15) is 9.90 Å². The minimum Gasteiger partial charge on any atom is -0.393 e. The van der Waals surface area contributed by atoms with Crippen LogP contribution < -0.4 is 0 Å². The molecular weight excluding hydrogens is 571 g/mol. The molecule has 7 atom stereocenters. The molecule has 2 aromatic carbocycles. The number of ketones is 1. The number of nitrogens with zero attached hydrogens (tertiary/aromatic N) is 3. The molecule has 7 heteroatoms. The molecule has 4 aliphatic carbocycles. The van der Waals surface area contributed by atoms with E-state index >= 15 is 0 Å². The molecule has 0 amide bonds. The average molecular weight is 610 g/mol. The summed E-state index contributed by atoms with van der Waals surface area (Å²) in [6.07, 6.45) is 9.88. The second-order valence-corrected chi connectivity index (χ2v) is 16.2. The Morgan fingerprint density at radius 1 is 1.12 bits per heavy atom. The van der Waals surface area contributed by atoms with Crippen LogP contribution >= 0.6 is 23.1 Å². The molecule has 43 heavy (non-hydrogen) atoms. The van der Waals surface area contributed by atoms with Crippen LogP contribution in [0.25, 0.3) is 22.0 Å². The van der Waals surface area contributed by atoms with Gasteiger partial charge in [0.15, 0.2) is 4.34 Å². The fourth-order valence-corrected chi connectivity index (χ4v) is 11.9. The zero-order valence-electron chi connectivity index (χ0n) is 25.1. The summed E-state index contributed by atoms with van der Waals surface area (Å²) in [4.78, 5) is 18.5. The van der Waals surface area contributed by atoms with E-state index in [1.54, 1.807) is 23.1 Å². The van der Waals surface area contributed by atoms with E-state index in [0.717, 1.165) is 54.1 Å². The molecule has 0 aliphatic heterocycles. The lowest BCUT2D eigenvalue weighted by Crippen LogP contribution is -2.57. The van der Waals surface area contributed by atoms with Gasteiger partial charge in [0, 0.05) is 5.92 Å². The lowest BCUT2D eigenvalue weighted by Gasteiger charge is -2.59. The topological polar surface area (TPSA) is 68.0 Å². The Bertz CT molecular complexity index is 1740. The molecule has 3 saturated carbocycles. The van der Waals surface area contributed by atoms with E-state index in [2.05, 4.69) is 68.1 Å². The number of para-hydroxylation sites is 2. The van der Waals surface area contributed by atoms with Gasteiger partial charge in [0.05, 0.1) is 39.7 Å². The van der Waals surface area contributed by atoms with Crippen LogP contribution in [0.15, 0.2) is 64.6 Å². The molecule has 222 valence electrons. The van der Waals surface area contributed by atoms with Gasteiger partial charge in [0.25, 0.3) is 0 Å². The third-order valence-electron chi connectivity index (χ3n) is 11.8. The largest absolute Gasteiger partial charge is 0.393 e. The van der Waals surface area contributed by atoms with Crippen LogP contribution in [0.3, 0.4) is 0 Å². The van der Waals surface area contributed by atoms with Crippen LogP contribution in [-0.2, 0) is 11.2 Å². The Balaban J connectivity index is 1.03. The Morgan fingerprint density at radius 2 is 1.93 bits per heavy atom. The second-order valence-electron chi connectivity index (χ2n) is 14.0. The van der Waals surface area contributed by atoms with Gasteiger partial charge in [-0.15, -0.1) is 11.3 Å². The van der Waals surface area contributed by atoms with Gasteiger partial charge in [-0.3, -0.25) is 4.79 Å². The molecule has 3 fully saturated rings. The highest BCUT2D eigenvalue weighted by Gasteiger charge is 2.63. The van der Waals surface area contributed by atoms with E-state index in [0.29, 0.717) is 23.4 Å². The smallest absolute Gasteiger partial charge is 0.151 e. The summed E-state index contributed by atoms with van der Waals surface area (Å²) in [5, 5.41) is 16.9. The van der Waals surface area contributed by atoms with Gasteiger partial charge in [0.1, 0.15) is 5.78 Å². The zero-order valence-corrected chi connectivity index (χ0v) is 26.8. The van der Waals surface area contributed by atoms with Crippen LogP contribution in [0, 0.1) is 41.4 Å². The van der Waals surface area contributed by atoms with Crippen LogP contribution in [0.4, 0.5) is 0 Å². The summed E-state index contributed by atoms with van der Waals surface area (Å²) in [6.45, 7) is 6.87. The summed E-state index contributed by atoms with van der Waals surface area (Å²) in [6, 6.07) is 16.6. The van der Waals surface area contributed by atoms with Gasteiger partial charge in [-0.1, -0.05) is 61.5 Å². The maximum absolute atomic E-state index is 13.8. The molecule has 0 bridgehead atoms. The fourth-order valence-electron chi connectivity index (χ4n) is 9.85. The zero-order chi connectivity index (χ0) is 29.5. The number of aromatic nitrogens is 3. The summed E-state index contributed by atoms with van der Waals surface area (Å²) in [5.41, 5.74) is 7.09. The molecular formula is C36H39N3O2S2. The number of hydrogen-bond donors (Lipinski definition) is 1. The van der Waals surface area contributed by atoms with Crippen molar-refractivity contribution in [2.24, 2.45) is 34.5 Å². The first kappa shape index (κ1) is 27.8. The standard InChI is InChI=1S/C36H39N3O2S2/c1-21-8-4-6-10-28(21)39-29-16-23-12-13-24-25-14-15-26(31(41)20-42-34-38-27-9-5-7-11-32(27)43-34)36(25,3)18-30(40)33(24)35(23,2)17-22(29)19-37-39/h4-11,16,19,24-26,30,33,40H,12-15,17-18,20H2,1-3H3. The Morgan fingerprint density at radius 3 is 2.77 bits per heavy atom. The molecule has 0 spiro atoms. The van der Waals surface area contributed by atoms with E-state index in [1.165, 1.54) is 27.1 Å². The van der Waals surface area contributed by atoms with Crippen molar-refractivity contribution >= 4 is 45.2 Å². The molecule has 4 aliphatic rings. The first-order chi connectivity index (χ1) is 20.8. The third kappa shape index (κ3) is 4.25. The number of thiazole rings is 1. The monoisotopic (exact) mass is 609 g/mol. The third-order valence-corrected chi connectivity index (χ3v) is 14.0. The molecule has 2 aromatic heterocycles. The Hall–Kier alpha value is -2.74. The maximum atomic E-state index is 13.8. The van der Waals surface area contributed by atoms with Gasteiger partial charge < -0.3 is 5.11 Å². The van der Waals surface area contributed by atoms with Gasteiger partial charge in [-0.25, -0.2) is 9.67 Å². The highest BCUT2D eigenvalue weighted by molar-refractivity contribution is 8.01. The van der Waals surface area contributed by atoms with Crippen molar-refractivity contribution in [3.05, 3.63) is 77.1 Å². The van der Waals surface area contributed by atoms with Crippen LogP contribution in [-0.4, -0.2) is 37.5 Å². The van der Waals surface area contributed by atoms with Crippen molar-refractivity contribution in [1.29, 1.82) is 0 Å². The molecule has 2 heterocycles. The number of aryl methyl sites for hydroxylation is 1. The van der Waals surface area contributed by atoms with E-state index in [4.69, 9.17) is 10.1 Å². The Kier molecular flexibility index (Phi) is 6.56. The van der Waals surface area contributed by atoms with Crippen molar-refractivity contribution in [3.8, 4) is 5.69 Å². The van der Waals surface area contributed by atoms with Crippen molar-refractivity contribution in [3.63, 3.8) is 0 Å². The van der Waals surface area contributed by atoms with E-state index < -0.39 is 6.10 Å². The number of aliphatic hydroxyl groups excluding tert-OH is 1. The number of benzene rings is 2. The van der Waals surface area contributed by atoms with Crippen LogP contribution in [0.5, 0.6) is 0 Å². The van der Waals surface area contributed by atoms with Gasteiger partial charge in [-0.05, 0) is 109 Å². The summed E-state index contributed by atoms with van der Waals surface area (Å²) >= 11 is 3.27. The second kappa shape index (κ2) is 10.1. The van der Waals surface area contributed by atoms with Crippen molar-refractivity contribution < 1.29 is 9.90 Å². The number of hydrogen-bond acceptors (Lipinski definition) is 6. The molecule has 8 rings (SSSR count). The molecule has 4 aromatic rings. The number of allylic oxidation sites excluding steroid dienone is 1. The average Bonchev–Trinajstić information content (AvgIpc) is 3.68. The van der Waals surface area contributed by atoms with Gasteiger partial charge in [-0.2, -0.15) is 5.10 Å². The number of Topliss-reactive ketones (excluding diaryl/α,β-unsaturated/α-hetero) is 1. The number of thioether (sulfide) groups is 1. The van der Waals surface area contributed by atoms with Crippen molar-refractivity contribution in [2.45, 2.75) is 69.7 Å². The molecule has 0 radical (unpaired) electrons. The summed E-state index contributed by atoms with van der Waals surface area (Å²) in [5.74, 6) is 1.97. The fraction of sp³-hybridized carbons (Fsp3) is 0.472. The maximum Gasteiger partial charge on any atom is 0.151 e. The molecule has 7 unspecified atom stereocenters. The molecule has 0 saturated heterocycles. The van der Waals surface area contributed by atoms with Crippen molar-refractivity contribution in [1.82, 2.24) is 14.8 Å². The lowest BCUT2D eigenvalue weighted by atomic mass is 9.46. The summed E-state index contributed by atoms with van der Waals surface area (Å²) < 4.78 is 4.25. The quantitative estimate of drug-likeness (QED) is 0.233. The van der Waals surface area contributed by atoms with Crippen LogP contribution in [0.2, 0.25) is 0 Å². The van der Waals surface area contributed by atoms with E-state index in [1.807, 2.05) is 18.2 Å². The molecule has 1 N–H and O–H groups in total. The highest BCUT2D eigenvalue weighted by Crippen LogP contribution is 2.66. The molecule has 5 nitrogen and oxygen atoms in total. The Labute approximate surface area is 261 Å². The summed E-state index contributed by atoms with van der Waals surface area (Å²) in [7, 11) is 0. The first-order valence-corrected chi connectivity index (χ1v) is 17.6. The van der Waals surface area contributed by atoms with Gasteiger partial charge in [0.2, 0.25) is 0 Å². The highest BCUT2D eigenvalue weighted by atomic mass is 32.2. The predicted molar refractivity (Wildman–Crippen MR) is 175 cm³/mol.